The predicted molar refractivity (Wildman–Crippen MR) is 107 cm³/mol. The second-order valence-corrected chi connectivity index (χ2v) is 7.54. The van der Waals surface area contributed by atoms with Crippen LogP contribution in [0.3, 0.4) is 0 Å². The largest absolute Gasteiger partial charge is 0.337 e. The van der Waals surface area contributed by atoms with Crippen LogP contribution < -0.4 is 5.32 Å². The number of aromatic nitrogens is 1. The third-order valence-corrected chi connectivity index (χ3v) is 5.76. The third kappa shape index (κ3) is 3.58. The van der Waals surface area contributed by atoms with Gasteiger partial charge in [0.1, 0.15) is 5.69 Å². The van der Waals surface area contributed by atoms with Crippen molar-refractivity contribution >= 4 is 28.4 Å². The SMILES string of the molecule is CCN1CCN(C(=O)c2cc3cc(NC(=O)C4CC4)ccc3n2CC)CC1. The molecule has 1 aromatic heterocycles. The van der Waals surface area contributed by atoms with Crippen LogP contribution >= 0.6 is 0 Å². The Balaban J connectivity index is 1.58. The van der Waals surface area contributed by atoms with Crippen molar-refractivity contribution in [1.29, 1.82) is 0 Å². The fourth-order valence-corrected chi connectivity index (χ4v) is 3.89. The van der Waals surface area contributed by atoms with Crippen LogP contribution in [-0.4, -0.2) is 58.9 Å². The molecule has 1 saturated carbocycles. The molecule has 27 heavy (non-hydrogen) atoms. The van der Waals surface area contributed by atoms with Gasteiger partial charge in [-0.2, -0.15) is 0 Å². The van der Waals surface area contributed by atoms with E-state index in [1.54, 1.807) is 0 Å². The Morgan fingerprint density at radius 2 is 1.78 bits per heavy atom. The molecule has 1 aliphatic carbocycles. The lowest BCUT2D eigenvalue weighted by atomic mass is 10.2. The van der Waals surface area contributed by atoms with E-state index in [2.05, 4.69) is 28.6 Å². The van der Waals surface area contributed by atoms with Gasteiger partial charge in [-0.3, -0.25) is 9.59 Å². The van der Waals surface area contributed by atoms with E-state index in [-0.39, 0.29) is 17.7 Å². The van der Waals surface area contributed by atoms with Gasteiger partial charge in [0.25, 0.3) is 5.91 Å². The van der Waals surface area contributed by atoms with Gasteiger partial charge in [-0.15, -0.1) is 0 Å². The first-order valence-corrected chi connectivity index (χ1v) is 10.1. The highest BCUT2D eigenvalue weighted by molar-refractivity contribution is 6.01. The Kier molecular flexibility index (Phi) is 4.91. The lowest BCUT2D eigenvalue weighted by Gasteiger charge is -2.34. The molecule has 144 valence electrons. The first kappa shape index (κ1) is 18.0. The highest BCUT2D eigenvalue weighted by Crippen LogP contribution is 2.31. The Labute approximate surface area is 160 Å². The van der Waals surface area contributed by atoms with E-state index in [9.17, 15) is 9.59 Å². The summed E-state index contributed by atoms with van der Waals surface area (Å²) >= 11 is 0. The molecule has 2 aromatic rings. The lowest BCUT2D eigenvalue weighted by Crippen LogP contribution is -2.48. The van der Waals surface area contributed by atoms with Gasteiger partial charge in [0.05, 0.1) is 0 Å². The molecule has 0 bridgehead atoms. The average Bonchev–Trinajstić information content (AvgIpc) is 3.48. The zero-order valence-corrected chi connectivity index (χ0v) is 16.2. The summed E-state index contributed by atoms with van der Waals surface area (Å²) < 4.78 is 2.08. The van der Waals surface area contributed by atoms with E-state index in [4.69, 9.17) is 0 Å². The van der Waals surface area contributed by atoms with E-state index in [0.29, 0.717) is 0 Å². The predicted octanol–water partition coefficient (Wildman–Crippen LogP) is 2.79. The molecule has 0 spiro atoms. The lowest BCUT2D eigenvalue weighted by molar-refractivity contribution is -0.117. The number of amides is 2. The second kappa shape index (κ2) is 7.35. The smallest absolute Gasteiger partial charge is 0.270 e. The summed E-state index contributed by atoms with van der Waals surface area (Å²) in [4.78, 5) is 29.5. The number of aryl methyl sites for hydroxylation is 1. The molecular weight excluding hydrogens is 340 g/mol. The van der Waals surface area contributed by atoms with Crippen molar-refractivity contribution in [3.63, 3.8) is 0 Å². The topological polar surface area (TPSA) is 57.6 Å². The number of rotatable bonds is 5. The summed E-state index contributed by atoms with van der Waals surface area (Å²) in [6.07, 6.45) is 1.98. The number of hydrogen-bond donors (Lipinski definition) is 1. The highest BCUT2D eigenvalue weighted by atomic mass is 16.2. The van der Waals surface area contributed by atoms with Crippen molar-refractivity contribution < 1.29 is 9.59 Å². The van der Waals surface area contributed by atoms with Crippen LogP contribution in [0, 0.1) is 5.92 Å². The molecule has 6 nitrogen and oxygen atoms in total. The number of anilines is 1. The van der Waals surface area contributed by atoms with Gasteiger partial charge in [-0.05, 0) is 50.6 Å². The summed E-state index contributed by atoms with van der Waals surface area (Å²) in [5.74, 6) is 0.390. The van der Waals surface area contributed by atoms with Crippen LogP contribution in [0.25, 0.3) is 10.9 Å². The zero-order valence-electron chi connectivity index (χ0n) is 16.2. The molecule has 2 aliphatic rings. The van der Waals surface area contributed by atoms with E-state index >= 15 is 0 Å². The fourth-order valence-electron chi connectivity index (χ4n) is 3.89. The Morgan fingerprint density at radius 3 is 2.41 bits per heavy atom. The molecule has 2 heterocycles. The molecule has 1 saturated heterocycles. The summed E-state index contributed by atoms with van der Waals surface area (Å²) in [7, 11) is 0. The number of piperazine rings is 1. The van der Waals surface area contributed by atoms with Gasteiger partial charge in [0.2, 0.25) is 5.91 Å². The normalized spacial score (nSPS) is 18.1. The summed E-state index contributed by atoms with van der Waals surface area (Å²) in [6.45, 7) is 9.43. The van der Waals surface area contributed by atoms with Crippen molar-refractivity contribution in [2.75, 3.05) is 38.0 Å². The van der Waals surface area contributed by atoms with Crippen molar-refractivity contribution in [2.24, 2.45) is 5.92 Å². The molecule has 2 fully saturated rings. The molecule has 1 N–H and O–H groups in total. The molecule has 1 aromatic carbocycles. The minimum atomic E-state index is 0.104. The maximum Gasteiger partial charge on any atom is 0.270 e. The van der Waals surface area contributed by atoms with Crippen molar-refractivity contribution in [3.8, 4) is 0 Å². The number of benzene rings is 1. The van der Waals surface area contributed by atoms with Crippen molar-refractivity contribution in [1.82, 2.24) is 14.4 Å². The molecule has 4 rings (SSSR count). The van der Waals surface area contributed by atoms with E-state index in [0.717, 1.165) is 74.4 Å². The van der Waals surface area contributed by atoms with Gasteiger partial charge < -0.3 is 19.7 Å². The van der Waals surface area contributed by atoms with Gasteiger partial charge in [-0.1, -0.05) is 6.92 Å². The molecule has 6 heteroatoms. The Bertz CT molecular complexity index is 860. The summed E-state index contributed by atoms with van der Waals surface area (Å²) in [5.41, 5.74) is 2.59. The molecule has 0 radical (unpaired) electrons. The quantitative estimate of drug-likeness (QED) is 0.883. The maximum atomic E-state index is 13.1. The first-order chi connectivity index (χ1) is 13.1. The molecular formula is C21H28N4O2. The van der Waals surface area contributed by atoms with Crippen LogP contribution in [0.1, 0.15) is 37.2 Å². The number of nitrogens with one attached hydrogen (secondary N) is 1. The number of carbonyl (C=O) groups excluding carboxylic acids is 2. The zero-order chi connectivity index (χ0) is 19.0. The summed E-state index contributed by atoms with van der Waals surface area (Å²) in [5, 5.41) is 4.00. The standard InChI is InChI=1S/C21H28N4O2/c1-3-23-9-11-24(12-10-23)21(27)19-14-16-13-17(22-20(26)15-5-6-15)7-8-18(16)25(19)4-2/h7-8,13-15H,3-6,9-12H2,1-2H3,(H,22,26). The van der Waals surface area contributed by atoms with Gasteiger partial charge in [-0.25, -0.2) is 0 Å². The maximum absolute atomic E-state index is 13.1. The number of likely N-dealkylation sites (N-methyl/N-ethyl adjacent to an activating group) is 1. The van der Waals surface area contributed by atoms with Crippen molar-refractivity contribution in [3.05, 3.63) is 30.0 Å². The molecule has 1 aliphatic heterocycles. The Morgan fingerprint density at radius 1 is 1.04 bits per heavy atom. The molecule has 0 unspecified atom stereocenters. The van der Waals surface area contributed by atoms with E-state index in [1.807, 2.05) is 29.2 Å². The number of nitrogens with zero attached hydrogens (tertiary/aromatic N) is 3. The Hall–Kier alpha value is -2.34. The minimum Gasteiger partial charge on any atom is -0.337 e. The highest BCUT2D eigenvalue weighted by Gasteiger charge is 2.30. The van der Waals surface area contributed by atoms with Crippen LogP contribution in [0.4, 0.5) is 5.69 Å². The monoisotopic (exact) mass is 368 g/mol. The number of hydrogen-bond acceptors (Lipinski definition) is 3. The van der Waals surface area contributed by atoms with Crippen LogP contribution in [0.2, 0.25) is 0 Å². The molecule has 2 amide bonds. The van der Waals surface area contributed by atoms with Crippen LogP contribution in [0.15, 0.2) is 24.3 Å². The first-order valence-electron chi connectivity index (χ1n) is 10.1. The third-order valence-electron chi connectivity index (χ3n) is 5.76. The average molecular weight is 368 g/mol. The fraction of sp³-hybridized carbons (Fsp3) is 0.524. The van der Waals surface area contributed by atoms with Crippen molar-refractivity contribution in [2.45, 2.75) is 33.2 Å². The second-order valence-electron chi connectivity index (χ2n) is 7.54. The summed E-state index contributed by atoms with van der Waals surface area (Å²) in [6, 6.07) is 7.89. The van der Waals surface area contributed by atoms with E-state index in [1.165, 1.54) is 0 Å². The van der Waals surface area contributed by atoms with Gasteiger partial charge in [0, 0.05) is 55.2 Å². The van der Waals surface area contributed by atoms with Crippen LogP contribution in [0.5, 0.6) is 0 Å². The van der Waals surface area contributed by atoms with Gasteiger partial charge >= 0.3 is 0 Å². The minimum absolute atomic E-state index is 0.104. The molecule has 0 atom stereocenters. The number of carbonyl (C=O) groups is 2. The van der Waals surface area contributed by atoms with Crippen LogP contribution in [-0.2, 0) is 11.3 Å². The number of fused-ring (bicyclic) bond motifs is 1. The van der Waals surface area contributed by atoms with E-state index < -0.39 is 0 Å². The van der Waals surface area contributed by atoms with Gasteiger partial charge in [0.15, 0.2) is 0 Å².